The molecule has 2 aromatic carbocycles. The van der Waals surface area contributed by atoms with Crippen LogP contribution in [0, 0.1) is 6.92 Å². The van der Waals surface area contributed by atoms with Crippen LogP contribution in [0.2, 0.25) is 0 Å². The van der Waals surface area contributed by atoms with Gasteiger partial charge in [-0.2, -0.15) is 5.10 Å². The zero-order valence-electron chi connectivity index (χ0n) is 19.1. The lowest BCUT2D eigenvalue weighted by molar-refractivity contribution is 0.102. The molecule has 0 saturated carbocycles. The number of ether oxygens (including phenoxy) is 2. The lowest BCUT2D eigenvalue weighted by atomic mass is 10.1. The van der Waals surface area contributed by atoms with E-state index >= 15 is 0 Å². The van der Waals surface area contributed by atoms with Crippen LogP contribution in [0.4, 0.5) is 5.69 Å². The van der Waals surface area contributed by atoms with Gasteiger partial charge in [-0.15, -0.1) is 0 Å². The predicted molar refractivity (Wildman–Crippen MR) is 131 cm³/mol. The first-order valence-corrected chi connectivity index (χ1v) is 10.8. The minimum atomic E-state index is -0.255. The number of hydrogen-bond donors (Lipinski definition) is 1. The molecule has 0 aliphatic heterocycles. The van der Waals surface area contributed by atoms with E-state index in [0.29, 0.717) is 29.2 Å². The fourth-order valence-corrected chi connectivity index (χ4v) is 3.90. The number of benzene rings is 2. The van der Waals surface area contributed by atoms with Gasteiger partial charge in [-0.1, -0.05) is 18.2 Å². The molecule has 1 N–H and O–H groups in total. The molecule has 0 atom stereocenters. The van der Waals surface area contributed by atoms with Crippen LogP contribution in [0.15, 0.2) is 67.0 Å². The van der Waals surface area contributed by atoms with Crippen LogP contribution in [0.5, 0.6) is 11.5 Å². The highest BCUT2D eigenvalue weighted by Crippen LogP contribution is 2.26. The van der Waals surface area contributed by atoms with E-state index in [9.17, 15) is 4.79 Å². The van der Waals surface area contributed by atoms with Crippen molar-refractivity contribution in [2.24, 2.45) is 0 Å². The molecule has 0 saturated heterocycles. The Kier molecular flexibility index (Phi) is 5.55. The molecule has 8 heteroatoms. The number of hydrogen-bond acceptors (Lipinski definition) is 6. The van der Waals surface area contributed by atoms with Crippen molar-refractivity contribution in [3.8, 4) is 11.5 Å². The molecule has 8 nitrogen and oxygen atoms in total. The van der Waals surface area contributed by atoms with Crippen LogP contribution in [-0.4, -0.2) is 39.9 Å². The average molecular weight is 454 g/mol. The van der Waals surface area contributed by atoms with E-state index in [1.165, 1.54) is 0 Å². The number of nitrogens with one attached hydrogen (secondary N) is 1. The van der Waals surface area contributed by atoms with Crippen LogP contribution < -0.4 is 14.8 Å². The summed E-state index contributed by atoms with van der Waals surface area (Å²) in [5.74, 6) is 1.17. The number of anilines is 1. The summed E-state index contributed by atoms with van der Waals surface area (Å²) in [6.07, 6.45) is 3.27. The van der Waals surface area contributed by atoms with E-state index in [1.807, 2.05) is 55.5 Å². The Morgan fingerprint density at radius 3 is 2.71 bits per heavy atom. The first kappa shape index (κ1) is 21.4. The second-order valence-corrected chi connectivity index (χ2v) is 7.90. The van der Waals surface area contributed by atoms with Gasteiger partial charge in [0.15, 0.2) is 5.65 Å². The maximum atomic E-state index is 13.0. The standard InChI is InChI=1S/C26H23N5O3/c1-16-7-8-17-5-4-6-22(24(17)29-16)30-26(32)20-11-19-14-28-31(25(19)27-13-20)15-18-9-10-21(33-2)12-23(18)34-3/h4-14H,15H2,1-3H3,(H,30,32). The van der Waals surface area contributed by atoms with Gasteiger partial charge in [0.1, 0.15) is 11.5 Å². The summed E-state index contributed by atoms with van der Waals surface area (Å²) in [6, 6.07) is 17.1. The smallest absolute Gasteiger partial charge is 0.257 e. The van der Waals surface area contributed by atoms with Gasteiger partial charge in [-0.05, 0) is 37.3 Å². The van der Waals surface area contributed by atoms with Crippen LogP contribution in [0.1, 0.15) is 21.6 Å². The molecule has 170 valence electrons. The molecule has 0 bridgehead atoms. The second-order valence-electron chi connectivity index (χ2n) is 7.90. The van der Waals surface area contributed by atoms with Gasteiger partial charge in [-0.25, -0.2) is 9.67 Å². The molecule has 0 fully saturated rings. The van der Waals surface area contributed by atoms with Crippen LogP contribution in [0.3, 0.4) is 0 Å². The van der Waals surface area contributed by atoms with Crippen molar-refractivity contribution in [2.75, 3.05) is 19.5 Å². The van der Waals surface area contributed by atoms with Crippen molar-refractivity contribution < 1.29 is 14.3 Å². The van der Waals surface area contributed by atoms with Crippen molar-refractivity contribution in [3.05, 3.63) is 83.8 Å². The topological polar surface area (TPSA) is 91.2 Å². The van der Waals surface area contributed by atoms with E-state index in [0.717, 1.165) is 33.3 Å². The highest BCUT2D eigenvalue weighted by molar-refractivity contribution is 6.09. The van der Waals surface area contributed by atoms with E-state index in [2.05, 4.69) is 20.4 Å². The van der Waals surface area contributed by atoms with E-state index in [4.69, 9.17) is 9.47 Å². The van der Waals surface area contributed by atoms with Crippen LogP contribution in [0.25, 0.3) is 21.9 Å². The number of para-hydroxylation sites is 1. The number of amides is 1. The zero-order chi connectivity index (χ0) is 23.7. The summed E-state index contributed by atoms with van der Waals surface area (Å²) in [6.45, 7) is 2.39. The molecule has 3 heterocycles. The average Bonchev–Trinajstić information content (AvgIpc) is 3.26. The van der Waals surface area contributed by atoms with Gasteiger partial charge >= 0.3 is 0 Å². The minimum Gasteiger partial charge on any atom is -0.497 e. The van der Waals surface area contributed by atoms with Crippen LogP contribution >= 0.6 is 0 Å². The van der Waals surface area contributed by atoms with Gasteiger partial charge in [0.05, 0.1) is 43.7 Å². The molecular formula is C26H23N5O3. The lowest BCUT2D eigenvalue weighted by Gasteiger charge is -2.11. The number of nitrogens with zero attached hydrogens (tertiary/aromatic N) is 4. The number of aromatic nitrogens is 4. The summed E-state index contributed by atoms with van der Waals surface area (Å²) in [5.41, 5.74) is 4.37. The fourth-order valence-electron chi connectivity index (χ4n) is 3.90. The predicted octanol–water partition coefficient (Wildman–Crippen LogP) is 4.61. The third kappa shape index (κ3) is 4.01. The van der Waals surface area contributed by atoms with Crippen LogP contribution in [-0.2, 0) is 6.54 Å². The normalized spacial score (nSPS) is 11.0. The second kappa shape index (κ2) is 8.82. The maximum Gasteiger partial charge on any atom is 0.257 e. The number of carbonyl (C=O) groups excluding carboxylic acids is 1. The SMILES string of the molecule is COc1ccc(Cn2ncc3cc(C(=O)Nc4cccc5ccc(C)nc45)cnc32)c(OC)c1. The summed E-state index contributed by atoms with van der Waals surface area (Å²) >= 11 is 0. The van der Waals surface area contributed by atoms with Gasteiger partial charge in [0, 0.05) is 34.3 Å². The third-order valence-electron chi connectivity index (χ3n) is 5.66. The molecule has 5 rings (SSSR count). The first-order chi connectivity index (χ1) is 16.6. The summed E-state index contributed by atoms with van der Waals surface area (Å²) in [5, 5.41) is 9.17. The quantitative estimate of drug-likeness (QED) is 0.404. The van der Waals surface area contributed by atoms with E-state index < -0.39 is 0 Å². The molecule has 0 aliphatic carbocycles. The Balaban J connectivity index is 1.41. The Hall–Kier alpha value is -4.46. The first-order valence-electron chi connectivity index (χ1n) is 10.8. The largest absolute Gasteiger partial charge is 0.497 e. The maximum absolute atomic E-state index is 13.0. The molecule has 1 amide bonds. The van der Waals surface area contributed by atoms with Crippen molar-refractivity contribution in [3.63, 3.8) is 0 Å². The molecule has 0 radical (unpaired) electrons. The minimum absolute atomic E-state index is 0.255. The van der Waals surface area contributed by atoms with Gasteiger partial charge in [0.2, 0.25) is 0 Å². The monoisotopic (exact) mass is 453 g/mol. The van der Waals surface area contributed by atoms with Gasteiger partial charge in [0.25, 0.3) is 5.91 Å². The highest BCUT2D eigenvalue weighted by Gasteiger charge is 2.14. The molecule has 0 unspecified atom stereocenters. The van der Waals surface area contributed by atoms with Crippen molar-refractivity contribution in [2.45, 2.75) is 13.5 Å². The number of fused-ring (bicyclic) bond motifs is 2. The molecule has 0 spiro atoms. The Labute approximate surface area is 196 Å². The Bertz CT molecular complexity index is 1530. The number of aryl methyl sites for hydroxylation is 1. The Morgan fingerprint density at radius 1 is 1.00 bits per heavy atom. The van der Waals surface area contributed by atoms with E-state index in [1.54, 1.807) is 37.4 Å². The summed E-state index contributed by atoms with van der Waals surface area (Å²) in [7, 11) is 3.24. The highest BCUT2D eigenvalue weighted by atomic mass is 16.5. The number of rotatable bonds is 6. The third-order valence-corrected chi connectivity index (χ3v) is 5.66. The Morgan fingerprint density at radius 2 is 1.88 bits per heavy atom. The van der Waals surface area contributed by atoms with Crippen molar-refractivity contribution >= 4 is 33.5 Å². The van der Waals surface area contributed by atoms with Gasteiger partial charge in [-0.3, -0.25) is 9.78 Å². The zero-order valence-corrected chi connectivity index (χ0v) is 19.1. The lowest BCUT2D eigenvalue weighted by Crippen LogP contribution is -2.13. The number of pyridine rings is 2. The van der Waals surface area contributed by atoms with E-state index in [-0.39, 0.29) is 5.91 Å². The number of methoxy groups -OCH3 is 2. The molecule has 3 aromatic heterocycles. The summed E-state index contributed by atoms with van der Waals surface area (Å²) in [4.78, 5) is 22.1. The molecule has 0 aliphatic rings. The molecule has 5 aromatic rings. The molecular weight excluding hydrogens is 430 g/mol. The van der Waals surface area contributed by atoms with Crippen molar-refractivity contribution in [1.29, 1.82) is 0 Å². The number of carbonyl (C=O) groups is 1. The van der Waals surface area contributed by atoms with Crippen molar-refractivity contribution in [1.82, 2.24) is 19.7 Å². The van der Waals surface area contributed by atoms with Gasteiger partial charge < -0.3 is 14.8 Å². The molecule has 34 heavy (non-hydrogen) atoms. The fraction of sp³-hybridized carbons (Fsp3) is 0.154. The summed E-state index contributed by atoms with van der Waals surface area (Å²) < 4.78 is 12.5.